The zero-order valence-electron chi connectivity index (χ0n) is 18.6. The fourth-order valence-corrected chi connectivity index (χ4v) is 5.02. The van der Waals surface area contributed by atoms with Gasteiger partial charge in [0.05, 0.1) is 4.90 Å². The summed E-state index contributed by atoms with van der Waals surface area (Å²) in [4.78, 5) is 29.9. The number of hydrogen-bond donors (Lipinski definition) is 2. The number of nitrogens with two attached hydrogens (primary N) is 1. The smallest absolute Gasteiger partial charge is 0.253 e. The molecule has 0 saturated carbocycles. The van der Waals surface area contributed by atoms with E-state index >= 15 is 0 Å². The highest BCUT2D eigenvalue weighted by Gasteiger charge is 2.28. The maximum absolute atomic E-state index is 13.0. The summed E-state index contributed by atoms with van der Waals surface area (Å²) < 4.78 is 22.7. The van der Waals surface area contributed by atoms with E-state index in [1.165, 1.54) is 37.1 Å². The quantitative estimate of drug-likeness (QED) is 0.673. The van der Waals surface area contributed by atoms with Gasteiger partial charge in [0.2, 0.25) is 15.9 Å². The molecule has 2 aromatic rings. The van der Waals surface area contributed by atoms with E-state index in [-0.39, 0.29) is 22.6 Å². The summed E-state index contributed by atoms with van der Waals surface area (Å²) in [6.07, 6.45) is 3.64. The van der Waals surface area contributed by atoms with Crippen molar-refractivity contribution in [1.82, 2.24) is 9.80 Å². The third kappa shape index (κ3) is 5.98. The van der Waals surface area contributed by atoms with Crippen LogP contribution in [0.5, 0.6) is 0 Å². The molecule has 0 unspecified atom stereocenters. The van der Waals surface area contributed by atoms with E-state index in [0.717, 1.165) is 25.2 Å². The lowest BCUT2D eigenvalue weighted by Gasteiger charge is -2.31. The van der Waals surface area contributed by atoms with Crippen molar-refractivity contribution < 1.29 is 18.0 Å². The minimum absolute atomic E-state index is 0.00295. The number of anilines is 1. The molecule has 0 radical (unpaired) electrons. The van der Waals surface area contributed by atoms with E-state index in [9.17, 15) is 18.0 Å². The zero-order valence-corrected chi connectivity index (χ0v) is 19.4. The van der Waals surface area contributed by atoms with Gasteiger partial charge < -0.3 is 10.2 Å². The number of benzene rings is 2. The Balaban J connectivity index is 1.30. The molecule has 4 rings (SSSR count). The predicted octanol–water partition coefficient (Wildman–Crippen LogP) is 2.42. The highest BCUT2D eigenvalue weighted by molar-refractivity contribution is 7.89. The molecule has 9 heteroatoms. The van der Waals surface area contributed by atoms with Crippen molar-refractivity contribution in [3.8, 4) is 0 Å². The third-order valence-corrected chi connectivity index (χ3v) is 7.31. The largest absolute Gasteiger partial charge is 0.339 e. The maximum Gasteiger partial charge on any atom is 0.253 e. The van der Waals surface area contributed by atoms with Crippen LogP contribution in [0.1, 0.15) is 41.6 Å². The first-order valence-corrected chi connectivity index (χ1v) is 12.9. The van der Waals surface area contributed by atoms with Crippen LogP contribution in [0.2, 0.25) is 0 Å². The van der Waals surface area contributed by atoms with Gasteiger partial charge in [-0.3, -0.25) is 14.5 Å². The minimum Gasteiger partial charge on any atom is -0.339 e. The van der Waals surface area contributed by atoms with Crippen molar-refractivity contribution in [3.63, 3.8) is 0 Å². The van der Waals surface area contributed by atoms with Crippen LogP contribution in [-0.2, 0) is 21.4 Å². The Morgan fingerprint density at radius 3 is 2.27 bits per heavy atom. The summed E-state index contributed by atoms with van der Waals surface area (Å²) in [7, 11) is -3.77. The molecule has 176 valence electrons. The van der Waals surface area contributed by atoms with Crippen LogP contribution in [0.15, 0.2) is 53.4 Å². The van der Waals surface area contributed by atoms with Gasteiger partial charge in [-0.15, -0.1) is 0 Å². The summed E-state index contributed by atoms with van der Waals surface area (Å²) in [5.74, 6) is -0.317. The Bertz CT molecular complexity index is 1100. The van der Waals surface area contributed by atoms with Crippen molar-refractivity contribution in [2.75, 3.05) is 31.5 Å². The summed E-state index contributed by atoms with van der Waals surface area (Å²) in [6.45, 7) is 4.16. The van der Waals surface area contributed by atoms with E-state index in [2.05, 4.69) is 16.3 Å². The summed E-state index contributed by atoms with van der Waals surface area (Å²) in [6, 6.07) is 13.6. The Hall–Kier alpha value is -2.75. The second-order valence-corrected chi connectivity index (χ2v) is 10.4. The molecular weight excluding hydrogens is 440 g/mol. The molecular formula is C24H30N4O4S. The number of likely N-dealkylation sites (tertiary alicyclic amines) is 2. The molecule has 2 saturated heterocycles. The van der Waals surface area contributed by atoms with E-state index in [4.69, 9.17) is 5.14 Å². The van der Waals surface area contributed by atoms with E-state index in [1.54, 1.807) is 0 Å². The molecule has 8 nitrogen and oxygen atoms in total. The van der Waals surface area contributed by atoms with Crippen molar-refractivity contribution in [2.45, 2.75) is 37.1 Å². The van der Waals surface area contributed by atoms with Gasteiger partial charge >= 0.3 is 0 Å². The molecule has 0 aliphatic carbocycles. The van der Waals surface area contributed by atoms with Crippen LogP contribution in [-0.4, -0.2) is 56.2 Å². The molecule has 2 amide bonds. The first-order valence-electron chi connectivity index (χ1n) is 11.3. The number of nitrogens with zero attached hydrogens (tertiary/aromatic N) is 2. The van der Waals surface area contributed by atoms with Gasteiger partial charge in [0.1, 0.15) is 0 Å². The normalized spacial score (nSPS) is 17.8. The molecule has 2 fully saturated rings. The van der Waals surface area contributed by atoms with Crippen LogP contribution in [0.25, 0.3) is 0 Å². The minimum atomic E-state index is -3.77. The average molecular weight is 471 g/mol. The topological polar surface area (TPSA) is 113 Å². The van der Waals surface area contributed by atoms with Crippen molar-refractivity contribution >= 4 is 27.5 Å². The van der Waals surface area contributed by atoms with Crippen molar-refractivity contribution in [3.05, 3.63) is 59.7 Å². The summed E-state index contributed by atoms with van der Waals surface area (Å²) in [5, 5.41) is 7.92. The monoisotopic (exact) mass is 470 g/mol. The molecule has 0 bridgehead atoms. The number of nitrogens with one attached hydrogen (secondary N) is 1. The number of primary sulfonamides is 1. The number of carbonyl (C=O) groups excluding carboxylic acids is 2. The van der Waals surface area contributed by atoms with Crippen LogP contribution >= 0.6 is 0 Å². The molecule has 0 atom stereocenters. The Kier molecular flexibility index (Phi) is 7.11. The maximum atomic E-state index is 13.0. The Morgan fingerprint density at radius 2 is 1.64 bits per heavy atom. The first-order chi connectivity index (χ1) is 15.8. The Labute approximate surface area is 194 Å². The van der Waals surface area contributed by atoms with E-state index in [1.807, 2.05) is 23.1 Å². The lowest BCUT2D eigenvalue weighted by atomic mass is 9.95. The van der Waals surface area contributed by atoms with Gasteiger partial charge in [-0.1, -0.05) is 12.1 Å². The molecule has 3 N–H and O–H groups in total. The van der Waals surface area contributed by atoms with Gasteiger partial charge in [0, 0.05) is 36.8 Å². The van der Waals surface area contributed by atoms with E-state index < -0.39 is 10.0 Å². The van der Waals surface area contributed by atoms with Gasteiger partial charge in [-0.25, -0.2) is 13.6 Å². The number of amides is 2. The van der Waals surface area contributed by atoms with Crippen molar-refractivity contribution in [1.29, 1.82) is 0 Å². The number of sulfonamides is 1. The SMILES string of the molecule is NS(=O)(=O)c1ccc(NC(=O)C2CCN(C(=O)c3cccc(CN4CCCC4)c3)CC2)cc1. The van der Waals surface area contributed by atoms with Gasteiger partial charge in [-0.2, -0.15) is 0 Å². The fourth-order valence-electron chi connectivity index (χ4n) is 4.50. The lowest BCUT2D eigenvalue weighted by Crippen LogP contribution is -2.41. The number of piperidine rings is 1. The van der Waals surface area contributed by atoms with Gasteiger partial charge in [0.15, 0.2) is 0 Å². The summed E-state index contributed by atoms with van der Waals surface area (Å²) >= 11 is 0. The molecule has 0 spiro atoms. The molecule has 33 heavy (non-hydrogen) atoms. The van der Waals surface area contributed by atoms with E-state index in [0.29, 0.717) is 37.2 Å². The molecule has 2 aliphatic heterocycles. The molecule has 2 heterocycles. The van der Waals surface area contributed by atoms with Crippen LogP contribution < -0.4 is 10.5 Å². The van der Waals surface area contributed by atoms with Gasteiger partial charge in [0.25, 0.3) is 5.91 Å². The molecule has 0 aromatic heterocycles. The third-order valence-electron chi connectivity index (χ3n) is 6.38. The highest BCUT2D eigenvalue weighted by atomic mass is 32.2. The number of rotatable bonds is 6. The second-order valence-electron chi connectivity index (χ2n) is 8.81. The van der Waals surface area contributed by atoms with Crippen LogP contribution in [0.3, 0.4) is 0 Å². The number of hydrogen-bond acceptors (Lipinski definition) is 5. The van der Waals surface area contributed by atoms with Crippen LogP contribution in [0, 0.1) is 5.92 Å². The fraction of sp³-hybridized carbons (Fsp3) is 0.417. The summed E-state index contributed by atoms with van der Waals surface area (Å²) in [5.41, 5.74) is 2.37. The number of carbonyl (C=O) groups is 2. The van der Waals surface area contributed by atoms with Crippen molar-refractivity contribution in [2.24, 2.45) is 11.1 Å². The standard InChI is InChI=1S/C24H30N4O4S/c25-33(31,32)22-8-6-21(7-9-22)26-23(29)19-10-14-28(15-11-19)24(30)20-5-3-4-18(16-20)17-27-12-1-2-13-27/h3-9,16,19H,1-2,10-15,17H2,(H,26,29)(H2,25,31,32). The zero-order chi connectivity index (χ0) is 23.4. The molecule has 2 aliphatic rings. The van der Waals surface area contributed by atoms with Gasteiger partial charge in [-0.05, 0) is 80.7 Å². The predicted molar refractivity (Wildman–Crippen MR) is 126 cm³/mol. The lowest BCUT2D eigenvalue weighted by molar-refractivity contribution is -0.121. The second kappa shape index (κ2) is 10.0. The van der Waals surface area contributed by atoms with Crippen LogP contribution in [0.4, 0.5) is 5.69 Å². The average Bonchev–Trinajstić information content (AvgIpc) is 3.31. The first kappa shape index (κ1) is 23.4. The Morgan fingerprint density at radius 1 is 0.970 bits per heavy atom. The highest BCUT2D eigenvalue weighted by Crippen LogP contribution is 2.22. The molecule has 2 aromatic carbocycles.